The number of nitrogens with zero attached hydrogens (tertiary/aromatic N) is 1. The van der Waals surface area contributed by atoms with Gasteiger partial charge in [-0.1, -0.05) is 20.8 Å². The van der Waals surface area contributed by atoms with Crippen LogP contribution in [-0.2, 0) is 9.53 Å². The van der Waals surface area contributed by atoms with Gasteiger partial charge in [-0.15, -0.1) is 11.6 Å². The van der Waals surface area contributed by atoms with Gasteiger partial charge in [0.05, 0.1) is 12.0 Å². The molecule has 0 aromatic heterocycles. The van der Waals surface area contributed by atoms with Crippen LogP contribution in [0.1, 0.15) is 46.5 Å². The minimum absolute atomic E-state index is 0.125. The van der Waals surface area contributed by atoms with E-state index in [0.717, 1.165) is 31.6 Å². The molecule has 0 aromatic carbocycles. The Morgan fingerprint density at radius 1 is 1.30 bits per heavy atom. The minimum atomic E-state index is -0.125. The molecule has 0 aromatic rings. The zero-order valence-electron chi connectivity index (χ0n) is 13.6. The molecule has 0 bridgehead atoms. The predicted molar refractivity (Wildman–Crippen MR) is 84.1 cm³/mol. The maximum Gasteiger partial charge on any atom is 0.225 e. The van der Waals surface area contributed by atoms with Crippen LogP contribution in [-0.4, -0.2) is 43.5 Å². The summed E-state index contributed by atoms with van der Waals surface area (Å²) in [6, 6.07) is 0. The first-order valence-corrected chi connectivity index (χ1v) is 8.07. The summed E-state index contributed by atoms with van der Waals surface area (Å²) in [6.45, 7) is 7.95. The molecular formula is C16H30ClNO2. The maximum atomic E-state index is 12.4. The molecule has 3 nitrogen and oxygen atoms in total. The number of methoxy groups -OCH3 is 1. The van der Waals surface area contributed by atoms with Crippen molar-refractivity contribution < 1.29 is 9.53 Å². The predicted octanol–water partition coefficient (Wildman–Crippen LogP) is 3.55. The summed E-state index contributed by atoms with van der Waals surface area (Å²) in [5.41, 5.74) is 0.361. The third-order valence-electron chi connectivity index (χ3n) is 4.50. The number of hydrogen-bond donors (Lipinski definition) is 0. The molecule has 1 amide bonds. The molecule has 1 fully saturated rings. The van der Waals surface area contributed by atoms with E-state index in [2.05, 4.69) is 20.8 Å². The second kappa shape index (κ2) is 7.65. The topological polar surface area (TPSA) is 29.5 Å². The standard InChI is InChI=1S/C16H30ClNO2/c1-16(2,3)13-8-6-12(7-9-13)15(19)18(4)10-14(17)11-20-5/h12-14H,6-11H2,1-5H3. The van der Waals surface area contributed by atoms with Crippen molar-refractivity contribution in [1.82, 2.24) is 4.90 Å². The molecule has 0 aliphatic heterocycles. The Hall–Kier alpha value is -0.280. The van der Waals surface area contributed by atoms with Crippen molar-refractivity contribution in [3.8, 4) is 0 Å². The molecule has 0 spiro atoms. The van der Waals surface area contributed by atoms with Gasteiger partial charge in [0.1, 0.15) is 0 Å². The number of hydrogen-bond acceptors (Lipinski definition) is 2. The molecule has 0 N–H and O–H groups in total. The Balaban J connectivity index is 2.42. The van der Waals surface area contributed by atoms with Gasteiger partial charge in [-0.2, -0.15) is 0 Å². The fourth-order valence-electron chi connectivity index (χ4n) is 3.14. The molecule has 1 rings (SSSR count). The summed E-state index contributed by atoms with van der Waals surface area (Å²) in [7, 11) is 3.48. The Labute approximate surface area is 129 Å². The van der Waals surface area contributed by atoms with E-state index in [1.165, 1.54) is 0 Å². The van der Waals surface area contributed by atoms with Gasteiger partial charge >= 0.3 is 0 Å². The van der Waals surface area contributed by atoms with Crippen molar-refractivity contribution in [3.05, 3.63) is 0 Å². The number of rotatable bonds is 5. The van der Waals surface area contributed by atoms with Gasteiger partial charge in [-0.3, -0.25) is 4.79 Å². The number of halogens is 1. The number of carbonyl (C=O) groups excluding carboxylic acids is 1. The second-order valence-corrected chi connectivity index (χ2v) is 7.80. The Kier molecular flexibility index (Phi) is 6.80. The van der Waals surface area contributed by atoms with Crippen LogP contribution in [0.3, 0.4) is 0 Å². The largest absolute Gasteiger partial charge is 0.383 e. The minimum Gasteiger partial charge on any atom is -0.383 e. The zero-order valence-corrected chi connectivity index (χ0v) is 14.4. The van der Waals surface area contributed by atoms with Gasteiger partial charge < -0.3 is 9.64 Å². The van der Waals surface area contributed by atoms with Crippen LogP contribution in [0.15, 0.2) is 0 Å². The molecule has 20 heavy (non-hydrogen) atoms. The van der Waals surface area contributed by atoms with Crippen molar-refractivity contribution in [2.45, 2.75) is 51.8 Å². The van der Waals surface area contributed by atoms with Crippen molar-refractivity contribution in [2.24, 2.45) is 17.3 Å². The van der Waals surface area contributed by atoms with Crippen molar-refractivity contribution in [1.29, 1.82) is 0 Å². The third-order valence-corrected chi connectivity index (χ3v) is 4.76. The zero-order chi connectivity index (χ0) is 15.3. The highest BCUT2D eigenvalue weighted by Crippen LogP contribution is 2.40. The molecule has 118 valence electrons. The normalized spacial score (nSPS) is 25.3. The highest BCUT2D eigenvalue weighted by atomic mass is 35.5. The average Bonchev–Trinajstić information content (AvgIpc) is 2.37. The first-order valence-electron chi connectivity index (χ1n) is 7.63. The molecule has 0 saturated heterocycles. The lowest BCUT2D eigenvalue weighted by atomic mass is 9.69. The summed E-state index contributed by atoms with van der Waals surface area (Å²) in [5.74, 6) is 1.18. The summed E-state index contributed by atoms with van der Waals surface area (Å²) in [6.07, 6.45) is 4.36. The summed E-state index contributed by atoms with van der Waals surface area (Å²) in [4.78, 5) is 14.2. The molecule has 4 heteroatoms. The fraction of sp³-hybridized carbons (Fsp3) is 0.938. The van der Waals surface area contributed by atoms with Crippen LogP contribution in [0.4, 0.5) is 0 Å². The summed E-state index contributed by atoms with van der Waals surface area (Å²) >= 11 is 6.12. The number of ether oxygens (including phenoxy) is 1. The Bertz CT molecular complexity index is 306. The van der Waals surface area contributed by atoms with Crippen molar-refractivity contribution >= 4 is 17.5 Å². The molecule has 1 unspecified atom stereocenters. The van der Waals surface area contributed by atoms with E-state index < -0.39 is 0 Å². The van der Waals surface area contributed by atoms with E-state index in [4.69, 9.17) is 16.3 Å². The van der Waals surface area contributed by atoms with Crippen LogP contribution in [0.5, 0.6) is 0 Å². The van der Waals surface area contributed by atoms with Gasteiger partial charge in [0.2, 0.25) is 5.91 Å². The first kappa shape index (κ1) is 17.8. The van der Waals surface area contributed by atoms with Gasteiger partial charge in [-0.05, 0) is 37.0 Å². The molecule has 1 saturated carbocycles. The van der Waals surface area contributed by atoms with E-state index in [9.17, 15) is 4.79 Å². The smallest absolute Gasteiger partial charge is 0.225 e. The highest BCUT2D eigenvalue weighted by molar-refractivity contribution is 6.21. The molecule has 1 aliphatic carbocycles. The van der Waals surface area contributed by atoms with Gasteiger partial charge in [-0.25, -0.2) is 0 Å². The second-order valence-electron chi connectivity index (χ2n) is 7.19. The summed E-state index contributed by atoms with van der Waals surface area (Å²) in [5, 5.41) is -0.125. The van der Waals surface area contributed by atoms with Gasteiger partial charge in [0.25, 0.3) is 0 Å². The first-order chi connectivity index (χ1) is 9.25. The fourth-order valence-corrected chi connectivity index (χ4v) is 3.47. The van der Waals surface area contributed by atoms with Crippen molar-refractivity contribution in [2.75, 3.05) is 27.3 Å². The van der Waals surface area contributed by atoms with E-state index in [0.29, 0.717) is 18.6 Å². The number of alkyl halides is 1. The Morgan fingerprint density at radius 3 is 2.30 bits per heavy atom. The molecule has 1 atom stereocenters. The van der Waals surface area contributed by atoms with E-state index in [-0.39, 0.29) is 17.2 Å². The highest BCUT2D eigenvalue weighted by Gasteiger charge is 2.33. The van der Waals surface area contributed by atoms with Crippen LogP contribution >= 0.6 is 11.6 Å². The van der Waals surface area contributed by atoms with E-state index in [1.54, 1.807) is 12.0 Å². The van der Waals surface area contributed by atoms with Crippen LogP contribution < -0.4 is 0 Å². The molecule has 1 aliphatic rings. The van der Waals surface area contributed by atoms with Crippen LogP contribution in [0.25, 0.3) is 0 Å². The SMILES string of the molecule is COCC(Cl)CN(C)C(=O)C1CCC(C(C)(C)C)CC1. The average molecular weight is 304 g/mol. The number of amides is 1. The summed E-state index contributed by atoms with van der Waals surface area (Å²) < 4.78 is 5.01. The maximum absolute atomic E-state index is 12.4. The lowest BCUT2D eigenvalue weighted by molar-refractivity contribution is -0.136. The van der Waals surface area contributed by atoms with E-state index in [1.807, 2.05) is 7.05 Å². The molecular weight excluding hydrogens is 274 g/mol. The lowest BCUT2D eigenvalue weighted by Gasteiger charge is -2.37. The Morgan fingerprint density at radius 2 is 1.85 bits per heavy atom. The molecule has 0 radical (unpaired) electrons. The van der Waals surface area contributed by atoms with Crippen LogP contribution in [0, 0.1) is 17.3 Å². The molecule has 0 heterocycles. The van der Waals surface area contributed by atoms with E-state index >= 15 is 0 Å². The van der Waals surface area contributed by atoms with Gasteiger partial charge in [0, 0.05) is 26.6 Å². The van der Waals surface area contributed by atoms with Crippen molar-refractivity contribution in [3.63, 3.8) is 0 Å². The number of carbonyl (C=O) groups is 1. The van der Waals surface area contributed by atoms with Gasteiger partial charge in [0.15, 0.2) is 0 Å². The lowest BCUT2D eigenvalue weighted by Crippen LogP contribution is -2.40. The quantitative estimate of drug-likeness (QED) is 0.727. The third kappa shape index (κ3) is 5.25. The van der Waals surface area contributed by atoms with Crippen LogP contribution in [0.2, 0.25) is 0 Å². The monoisotopic (exact) mass is 303 g/mol.